The summed E-state index contributed by atoms with van der Waals surface area (Å²) < 4.78 is 5.57. The molecule has 0 fully saturated rings. The number of pyridine rings is 1. The fourth-order valence-electron chi connectivity index (χ4n) is 2.98. The number of H-pyrrole nitrogens is 1. The van der Waals surface area contributed by atoms with Gasteiger partial charge in [-0.25, -0.2) is 0 Å². The number of hydrogen-bond acceptors (Lipinski definition) is 4. The predicted octanol–water partition coefficient (Wildman–Crippen LogP) is 2.75. The normalized spacial score (nSPS) is 10.6. The Balaban J connectivity index is 1.50. The highest BCUT2D eigenvalue weighted by Gasteiger charge is 2.09. The Morgan fingerprint density at radius 2 is 1.80 bits per heavy atom. The molecule has 1 heterocycles. The maximum atomic E-state index is 12.2. The molecule has 156 valence electrons. The molecule has 0 spiro atoms. The molecule has 7 nitrogen and oxygen atoms in total. The number of ether oxygens (including phenoxy) is 1. The summed E-state index contributed by atoms with van der Waals surface area (Å²) in [6.07, 6.45) is 2.03. The summed E-state index contributed by atoms with van der Waals surface area (Å²) in [5, 5.41) is 6.20. The van der Waals surface area contributed by atoms with Crippen molar-refractivity contribution in [3.8, 4) is 5.75 Å². The number of benzene rings is 2. The molecule has 0 atom stereocenters. The van der Waals surface area contributed by atoms with E-state index in [0.717, 1.165) is 18.2 Å². The molecule has 0 aliphatic rings. The van der Waals surface area contributed by atoms with Crippen molar-refractivity contribution in [1.82, 2.24) is 15.6 Å². The average molecular weight is 407 g/mol. The van der Waals surface area contributed by atoms with Crippen LogP contribution in [0.15, 0.2) is 59.4 Å². The number of aromatic amines is 1. The van der Waals surface area contributed by atoms with Crippen LogP contribution in [0.5, 0.6) is 5.75 Å². The van der Waals surface area contributed by atoms with Gasteiger partial charge in [0.05, 0.1) is 13.2 Å². The predicted molar refractivity (Wildman–Crippen MR) is 116 cm³/mol. The van der Waals surface area contributed by atoms with Crippen LogP contribution in [-0.2, 0) is 11.3 Å². The standard InChI is InChI=1S/C23H25N3O4/c1-2-3-12-30-18-10-8-16(9-11-18)23(29)25-15-22(28)24-14-17-13-21(27)26-20-7-5-4-6-19(17)20/h4-11,13H,2-3,12,14-15H2,1H3,(H,24,28)(H,25,29)(H,26,27). The first-order valence-electron chi connectivity index (χ1n) is 9.95. The van der Waals surface area contributed by atoms with E-state index in [1.165, 1.54) is 6.07 Å². The summed E-state index contributed by atoms with van der Waals surface area (Å²) >= 11 is 0. The number of unbranched alkanes of at least 4 members (excludes halogenated alkanes) is 1. The zero-order chi connectivity index (χ0) is 21.3. The molecule has 3 N–H and O–H groups in total. The van der Waals surface area contributed by atoms with Gasteiger partial charge in [-0.1, -0.05) is 31.5 Å². The third-order valence-electron chi connectivity index (χ3n) is 4.60. The lowest BCUT2D eigenvalue weighted by molar-refractivity contribution is -0.120. The molecule has 0 saturated carbocycles. The molecular formula is C23H25N3O4. The minimum absolute atomic E-state index is 0.158. The van der Waals surface area contributed by atoms with E-state index in [2.05, 4.69) is 22.5 Å². The topological polar surface area (TPSA) is 100 Å². The molecule has 0 aliphatic carbocycles. The number of carbonyl (C=O) groups excluding carboxylic acids is 2. The SMILES string of the molecule is CCCCOc1ccc(C(=O)NCC(=O)NCc2cc(=O)[nH]c3ccccc23)cc1. The van der Waals surface area contributed by atoms with Gasteiger partial charge in [0.2, 0.25) is 11.5 Å². The van der Waals surface area contributed by atoms with Crippen LogP contribution in [0, 0.1) is 0 Å². The molecule has 0 radical (unpaired) electrons. The third-order valence-corrected chi connectivity index (χ3v) is 4.60. The number of hydrogen-bond donors (Lipinski definition) is 3. The second-order valence-corrected chi connectivity index (χ2v) is 6.89. The molecule has 30 heavy (non-hydrogen) atoms. The number of rotatable bonds is 9. The molecule has 1 aromatic heterocycles. The van der Waals surface area contributed by atoms with Crippen molar-refractivity contribution >= 4 is 22.7 Å². The van der Waals surface area contributed by atoms with Gasteiger partial charge < -0.3 is 20.4 Å². The molecule has 3 rings (SSSR count). The van der Waals surface area contributed by atoms with E-state index < -0.39 is 0 Å². The zero-order valence-electron chi connectivity index (χ0n) is 16.9. The van der Waals surface area contributed by atoms with E-state index in [0.29, 0.717) is 29.0 Å². The summed E-state index contributed by atoms with van der Waals surface area (Å²) in [5.41, 5.74) is 1.65. The number of carbonyl (C=O) groups is 2. The van der Waals surface area contributed by atoms with Gasteiger partial charge in [0.1, 0.15) is 5.75 Å². The van der Waals surface area contributed by atoms with Gasteiger partial charge in [0, 0.05) is 29.1 Å². The quantitative estimate of drug-likeness (QED) is 0.475. The molecule has 0 unspecified atom stereocenters. The average Bonchev–Trinajstić information content (AvgIpc) is 2.76. The van der Waals surface area contributed by atoms with Gasteiger partial charge in [-0.3, -0.25) is 14.4 Å². The molecule has 0 saturated heterocycles. The van der Waals surface area contributed by atoms with Gasteiger partial charge in [0.25, 0.3) is 5.91 Å². The molecule has 0 bridgehead atoms. The van der Waals surface area contributed by atoms with Crippen LogP contribution in [0.1, 0.15) is 35.7 Å². The van der Waals surface area contributed by atoms with E-state index in [4.69, 9.17) is 4.74 Å². The molecule has 0 aliphatic heterocycles. The maximum absolute atomic E-state index is 12.2. The summed E-state index contributed by atoms with van der Waals surface area (Å²) in [6.45, 7) is 2.77. The first kappa shape index (κ1) is 21.1. The Morgan fingerprint density at radius 1 is 1.03 bits per heavy atom. The second kappa shape index (κ2) is 10.2. The maximum Gasteiger partial charge on any atom is 0.251 e. The lowest BCUT2D eigenvalue weighted by Crippen LogP contribution is -2.36. The summed E-state index contributed by atoms with van der Waals surface area (Å²) in [7, 11) is 0. The Kier molecular flexibility index (Phi) is 7.21. The van der Waals surface area contributed by atoms with E-state index in [1.807, 2.05) is 24.3 Å². The van der Waals surface area contributed by atoms with Crippen molar-refractivity contribution in [2.24, 2.45) is 0 Å². The zero-order valence-corrected chi connectivity index (χ0v) is 16.9. The van der Waals surface area contributed by atoms with E-state index in [9.17, 15) is 14.4 Å². The van der Waals surface area contributed by atoms with E-state index >= 15 is 0 Å². The van der Waals surface area contributed by atoms with E-state index in [1.54, 1.807) is 24.3 Å². The van der Waals surface area contributed by atoms with Gasteiger partial charge in [-0.15, -0.1) is 0 Å². The Bertz CT molecular complexity index is 1070. The van der Waals surface area contributed by atoms with Gasteiger partial charge >= 0.3 is 0 Å². The number of nitrogens with one attached hydrogen (secondary N) is 3. The lowest BCUT2D eigenvalue weighted by Gasteiger charge is -2.10. The molecule has 2 aromatic carbocycles. The minimum atomic E-state index is -0.341. The van der Waals surface area contributed by atoms with E-state index in [-0.39, 0.29) is 30.5 Å². The third kappa shape index (κ3) is 5.70. The Hall–Kier alpha value is -3.61. The summed E-state index contributed by atoms with van der Waals surface area (Å²) in [5.74, 6) is 0.0295. The number of amides is 2. The molecule has 2 amide bonds. The van der Waals surface area contributed by atoms with Crippen LogP contribution < -0.4 is 20.9 Å². The smallest absolute Gasteiger partial charge is 0.251 e. The summed E-state index contributed by atoms with van der Waals surface area (Å²) in [6, 6.07) is 15.7. The second-order valence-electron chi connectivity index (χ2n) is 6.89. The molecule has 3 aromatic rings. The van der Waals surface area contributed by atoms with Crippen LogP contribution in [-0.4, -0.2) is 29.9 Å². The van der Waals surface area contributed by atoms with Crippen molar-refractivity contribution in [2.45, 2.75) is 26.3 Å². The van der Waals surface area contributed by atoms with Gasteiger partial charge in [-0.2, -0.15) is 0 Å². The first-order valence-corrected chi connectivity index (χ1v) is 9.95. The number of aromatic nitrogens is 1. The Morgan fingerprint density at radius 3 is 2.57 bits per heavy atom. The monoisotopic (exact) mass is 407 g/mol. The highest BCUT2D eigenvalue weighted by molar-refractivity contribution is 5.96. The lowest BCUT2D eigenvalue weighted by atomic mass is 10.1. The van der Waals surface area contributed by atoms with Crippen molar-refractivity contribution < 1.29 is 14.3 Å². The van der Waals surface area contributed by atoms with Crippen LogP contribution in [0.25, 0.3) is 10.9 Å². The van der Waals surface area contributed by atoms with Gasteiger partial charge in [-0.05, 0) is 42.3 Å². The number of para-hydroxylation sites is 1. The number of fused-ring (bicyclic) bond motifs is 1. The van der Waals surface area contributed by atoms with Crippen molar-refractivity contribution in [2.75, 3.05) is 13.2 Å². The van der Waals surface area contributed by atoms with Crippen LogP contribution in [0.2, 0.25) is 0 Å². The largest absolute Gasteiger partial charge is 0.494 e. The van der Waals surface area contributed by atoms with Crippen molar-refractivity contribution in [3.63, 3.8) is 0 Å². The van der Waals surface area contributed by atoms with Gasteiger partial charge in [0.15, 0.2) is 0 Å². The Labute approximate surface area is 174 Å². The minimum Gasteiger partial charge on any atom is -0.494 e. The highest BCUT2D eigenvalue weighted by Crippen LogP contribution is 2.14. The molecule has 7 heteroatoms. The van der Waals surface area contributed by atoms with Crippen molar-refractivity contribution in [1.29, 1.82) is 0 Å². The summed E-state index contributed by atoms with van der Waals surface area (Å²) in [4.78, 5) is 38.9. The van der Waals surface area contributed by atoms with Crippen molar-refractivity contribution in [3.05, 3.63) is 76.1 Å². The fourth-order valence-corrected chi connectivity index (χ4v) is 2.98. The van der Waals surface area contributed by atoms with Crippen LogP contribution in [0.3, 0.4) is 0 Å². The van der Waals surface area contributed by atoms with Crippen LogP contribution >= 0.6 is 0 Å². The fraction of sp³-hybridized carbons (Fsp3) is 0.261. The molecular weight excluding hydrogens is 382 g/mol. The highest BCUT2D eigenvalue weighted by atomic mass is 16.5. The van der Waals surface area contributed by atoms with Crippen LogP contribution in [0.4, 0.5) is 0 Å². The first-order chi connectivity index (χ1) is 14.6.